The molecule has 0 saturated carbocycles. The van der Waals surface area contributed by atoms with Gasteiger partial charge in [-0.25, -0.2) is 0 Å². The van der Waals surface area contributed by atoms with Crippen molar-refractivity contribution in [1.82, 2.24) is 0 Å². The molecule has 0 aliphatic rings. The van der Waals surface area contributed by atoms with Crippen molar-refractivity contribution < 1.29 is 4.74 Å². The van der Waals surface area contributed by atoms with Crippen molar-refractivity contribution >= 4 is 50.7 Å². The van der Waals surface area contributed by atoms with Crippen LogP contribution in [0.15, 0.2) is 36.4 Å². The fraction of sp³-hybridized carbons (Fsp3) is 0.143. The number of alkyl halides is 1. The molecule has 0 spiro atoms. The van der Waals surface area contributed by atoms with Gasteiger partial charge in [0.25, 0.3) is 0 Å². The second kappa shape index (κ2) is 6.85. The second-order valence-corrected chi connectivity index (χ2v) is 5.73. The summed E-state index contributed by atoms with van der Waals surface area (Å²) < 4.78 is 5.77. The van der Waals surface area contributed by atoms with Gasteiger partial charge in [0, 0.05) is 15.9 Å². The summed E-state index contributed by atoms with van der Waals surface area (Å²) in [6.07, 6.45) is 0. The molecule has 1 nitrogen and oxygen atoms in total. The molecule has 0 radical (unpaired) electrons. The molecular formula is C14H10BrCl3O. The molecule has 0 atom stereocenters. The summed E-state index contributed by atoms with van der Waals surface area (Å²) in [6, 6.07) is 11.0. The lowest BCUT2D eigenvalue weighted by molar-refractivity contribution is 0.304. The van der Waals surface area contributed by atoms with Crippen LogP contribution in [0.4, 0.5) is 0 Å². The van der Waals surface area contributed by atoms with Crippen molar-refractivity contribution in [3.05, 3.63) is 62.6 Å². The van der Waals surface area contributed by atoms with Gasteiger partial charge in [-0.05, 0) is 35.9 Å². The lowest BCUT2D eigenvalue weighted by Crippen LogP contribution is -1.98. The van der Waals surface area contributed by atoms with Gasteiger partial charge in [-0.15, -0.1) is 0 Å². The Balaban J connectivity index is 2.12. The maximum atomic E-state index is 5.96. The number of rotatable bonds is 4. The van der Waals surface area contributed by atoms with E-state index < -0.39 is 0 Å². The average molecular weight is 380 g/mol. The first-order valence-corrected chi connectivity index (χ1v) is 7.77. The van der Waals surface area contributed by atoms with Crippen LogP contribution in [0.5, 0.6) is 5.75 Å². The second-order valence-electron chi connectivity index (χ2n) is 3.92. The molecule has 100 valence electrons. The van der Waals surface area contributed by atoms with Crippen molar-refractivity contribution in [1.29, 1.82) is 0 Å². The summed E-state index contributed by atoms with van der Waals surface area (Å²) in [6.45, 7) is 0.429. The fourth-order valence-electron chi connectivity index (χ4n) is 1.58. The van der Waals surface area contributed by atoms with Crippen LogP contribution < -0.4 is 4.74 Å². The van der Waals surface area contributed by atoms with Crippen molar-refractivity contribution in [3.8, 4) is 5.75 Å². The van der Waals surface area contributed by atoms with Gasteiger partial charge >= 0.3 is 0 Å². The predicted molar refractivity (Wildman–Crippen MR) is 84.9 cm³/mol. The first kappa shape index (κ1) is 15.0. The van der Waals surface area contributed by atoms with Crippen molar-refractivity contribution in [2.45, 2.75) is 11.9 Å². The zero-order chi connectivity index (χ0) is 13.8. The highest BCUT2D eigenvalue weighted by Gasteiger charge is 2.05. The SMILES string of the molecule is Clc1ccc(OCc2ccc(Cl)c(Cl)c2)c(CBr)c1. The summed E-state index contributed by atoms with van der Waals surface area (Å²) >= 11 is 21.2. The van der Waals surface area contributed by atoms with Crippen LogP contribution >= 0.6 is 50.7 Å². The van der Waals surface area contributed by atoms with E-state index in [1.165, 1.54) is 0 Å². The van der Waals surface area contributed by atoms with Crippen LogP contribution in [0.25, 0.3) is 0 Å². The average Bonchev–Trinajstić information content (AvgIpc) is 2.41. The van der Waals surface area contributed by atoms with Crippen LogP contribution in [0.2, 0.25) is 15.1 Å². The van der Waals surface area contributed by atoms with Gasteiger partial charge < -0.3 is 4.74 Å². The van der Waals surface area contributed by atoms with Gasteiger partial charge in [0.15, 0.2) is 0 Å². The van der Waals surface area contributed by atoms with E-state index in [9.17, 15) is 0 Å². The molecule has 0 aromatic heterocycles. The molecule has 0 saturated heterocycles. The zero-order valence-corrected chi connectivity index (χ0v) is 13.7. The molecule has 2 rings (SSSR count). The lowest BCUT2D eigenvalue weighted by atomic mass is 10.2. The third kappa shape index (κ3) is 4.03. The zero-order valence-electron chi connectivity index (χ0n) is 9.80. The normalized spacial score (nSPS) is 10.5. The molecule has 0 aliphatic heterocycles. The Labute approximate surface area is 135 Å². The molecule has 0 N–H and O–H groups in total. The topological polar surface area (TPSA) is 9.23 Å². The Hall–Kier alpha value is -0.410. The van der Waals surface area contributed by atoms with E-state index in [1.54, 1.807) is 18.2 Å². The summed E-state index contributed by atoms with van der Waals surface area (Å²) in [7, 11) is 0. The third-order valence-corrected chi connectivity index (χ3v) is 4.12. The van der Waals surface area contributed by atoms with Crippen molar-refractivity contribution in [3.63, 3.8) is 0 Å². The summed E-state index contributed by atoms with van der Waals surface area (Å²) in [5.41, 5.74) is 1.97. The van der Waals surface area contributed by atoms with Crippen LogP contribution in [-0.4, -0.2) is 0 Å². The quantitative estimate of drug-likeness (QED) is 0.581. The number of hydrogen-bond acceptors (Lipinski definition) is 1. The summed E-state index contributed by atoms with van der Waals surface area (Å²) in [5.74, 6) is 0.798. The minimum absolute atomic E-state index is 0.429. The molecule has 0 bridgehead atoms. The van der Waals surface area contributed by atoms with E-state index >= 15 is 0 Å². The van der Waals surface area contributed by atoms with Gasteiger partial charge in [-0.2, -0.15) is 0 Å². The Kier molecular flexibility index (Phi) is 5.40. The van der Waals surface area contributed by atoms with Gasteiger partial charge in [0.1, 0.15) is 12.4 Å². The van der Waals surface area contributed by atoms with Crippen molar-refractivity contribution in [2.24, 2.45) is 0 Å². The number of hydrogen-bond donors (Lipinski definition) is 0. The van der Waals surface area contributed by atoms with Gasteiger partial charge in [0.05, 0.1) is 10.0 Å². The van der Waals surface area contributed by atoms with Crippen molar-refractivity contribution in [2.75, 3.05) is 0 Å². The molecule has 0 aliphatic carbocycles. The predicted octanol–water partition coefficient (Wildman–Crippen LogP) is 6.12. The highest BCUT2D eigenvalue weighted by Crippen LogP contribution is 2.27. The van der Waals surface area contributed by atoms with Crippen LogP contribution in [0.1, 0.15) is 11.1 Å². The molecule has 2 aromatic rings. The molecular weight excluding hydrogens is 370 g/mol. The highest BCUT2D eigenvalue weighted by atomic mass is 79.9. The Morgan fingerprint density at radius 1 is 0.947 bits per heavy atom. The monoisotopic (exact) mass is 378 g/mol. The molecule has 0 amide bonds. The first-order chi connectivity index (χ1) is 9.10. The molecule has 0 heterocycles. The van der Waals surface area contributed by atoms with Crippen LogP contribution in [0, 0.1) is 0 Å². The largest absolute Gasteiger partial charge is 0.489 e. The molecule has 5 heteroatoms. The van der Waals surface area contributed by atoms with E-state index in [4.69, 9.17) is 39.5 Å². The fourth-order valence-corrected chi connectivity index (χ4v) is 2.54. The minimum atomic E-state index is 0.429. The Morgan fingerprint density at radius 2 is 1.74 bits per heavy atom. The number of ether oxygens (including phenoxy) is 1. The lowest BCUT2D eigenvalue weighted by Gasteiger charge is -2.11. The van der Waals surface area contributed by atoms with Crippen LogP contribution in [-0.2, 0) is 11.9 Å². The maximum absolute atomic E-state index is 5.96. The van der Waals surface area contributed by atoms with E-state index in [0.29, 0.717) is 27.0 Å². The Bertz CT molecular complexity index is 587. The van der Waals surface area contributed by atoms with Gasteiger partial charge in [-0.3, -0.25) is 0 Å². The van der Waals surface area contributed by atoms with E-state index in [0.717, 1.165) is 16.9 Å². The van der Waals surface area contributed by atoms with E-state index in [2.05, 4.69) is 15.9 Å². The Morgan fingerprint density at radius 3 is 2.42 bits per heavy atom. The van der Waals surface area contributed by atoms with Gasteiger partial charge in [-0.1, -0.05) is 56.8 Å². The third-order valence-electron chi connectivity index (χ3n) is 2.54. The maximum Gasteiger partial charge on any atom is 0.123 e. The first-order valence-electron chi connectivity index (χ1n) is 5.51. The number of halogens is 4. The standard InChI is InChI=1S/C14H10BrCl3O/c15-7-10-6-11(16)2-4-14(10)19-8-9-1-3-12(17)13(18)5-9/h1-6H,7-8H2. The summed E-state index contributed by atoms with van der Waals surface area (Å²) in [4.78, 5) is 0. The van der Waals surface area contributed by atoms with E-state index in [1.807, 2.05) is 18.2 Å². The molecule has 0 fully saturated rings. The summed E-state index contributed by atoms with van der Waals surface area (Å²) in [5, 5.41) is 2.44. The smallest absolute Gasteiger partial charge is 0.123 e. The molecule has 0 unspecified atom stereocenters. The molecule has 2 aromatic carbocycles. The van der Waals surface area contributed by atoms with E-state index in [-0.39, 0.29) is 0 Å². The molecule has 19 heavy (non-hydrogen) atoms. The number of benzene rings is 2. The highest BCUT2D eigenvalue weighted by molar-refractivity contribution is 9.08. The van der Waals surface area contributed by atoms with Gasteiger partial charge in [0.2, 0.25) is 0 Å². The minimum Gasteiger partial charge on any atom is -0.489 e. The van der Waals surface area contributed by atoms with Crippen LogP contribution in [0.3, 0.4) is 0 Å².